The Morgan fingerprint density at radius 3 is 2.67 bits per heavy atom. The van der Waals surface area contributed by atoms with Gasteiger partial charge < -0.3 is 9.73 Å². The van der Waals surface area contributed by atoms with Crippen molar-refractivity contribution in [3.8, 4) is 0 Å². The lowest BCUT2D eigenvalue weighted by molar-refractivity contribution is 0.475. The number of fused-ring (bicyclic) bond motifs is 1. The van der Waals surface area contributed by atoms with Crippen molar-refractivity contribution in [1.29, 1.82) is 0 Å². The van der Waals surface area contributed by atoms with Crippen LogP contribution in [0.2, 0.25) is 0 Å². The maximum absolute atomic E-state index is 6.14. The van der Waals surface area contributed by atoms with Gasteiger partial charge in [0.15, 0.2) is 0 Å². The van der Waals surface area contributed by atoms with Gasteiger partial charge in [0.1, 0.15) is 11.3 Å². The minimum absolute atomic E-state index is 0.0531. The Labute approximate surface area is 133 Å². The molecule has 2 nitrogen and oxygen atoms in total. The molecule has 0 fully saturated rings. The van der Waals surface area contributed by atoms with Crippen molar-refractivity contribution in [3.05, 3.63) is 69.9 Å². The number of hydrogen-bond acceptors (Lipinski definition) is 2. The summed E-state index contributed by atoms with van der Waals surface area (Å²) in [7, 11) is 0. The van der Waals surface area contributed by atoms with Crippen LogP contribution in [0.3, 0.4) is 0 Å². The molecule has 3 rings (SSSR count). The van der Waals surface area contributed by atoms with Crippen LogP contribution in [-0.4, -0.2) is 6.54 Å². The first-order valence-electron chi connectivity index (χ1n) is 7.17. The van der Waals surface area contributed by atoms with E-state index in [9.17, 15) is 0 Å². The monoisotopic (exact) mass is 343 g/mol. The SMILES string of the molecule is CCNC(c1cc2cccc(C)c2o1)c1ccccc1Br. The number of benzene rings is 2. The molecular weight excluding hydrogens is 326 g/mol. The number of aryl methyl sites for hydroxylation is 1. The van der Waals surface area contributed by atoms with E-state index in [2.05, 4.69) is 77.6 Å². The molecule has 0 saturated carbocycles. The van der Waals surface area contributed by atoms with Gasteiger partial charge in [-0.3, -0.25) is 0 Å². The molecule has 0 aliphatic heterocycles. The average molecular weight is 344 g/mol. The van der Waals surface area contributed by atoms with Crippen molar-refractivity contribution in [2.45, 2.75) is 19.9 Å². The zero-order valence-electron chi connectivity index (χ0n) is 12.2. The van der Waals surface area contributed by atoms with E-state index in [1.807, 2.05) is 6.07 Å². The number of furan rings is 1. The van der Waals surface area contributed by atoms with Crippen molar-refractivity contribution in [1.82, 2.24) is 5.32 Å². The topological polar surface area (TPSA) is 25.2 Å². The second-order valence-electron chi connectivity index (χ2n) is 5.15. The number of rotatable bonds is 4. The van der Waals surface area contributed by atoms with Gasteiger partial charge in [-0.2, -0.15) is 0 Å². The number of hydrogen-bond donors (Lipinski definition) is 1. The van der Waals surface area contributed by atoms with Gasteiger partial charge in [0.05, 0.1) is 6.04 Å². The van der Waals surface area contributed by atoms with Crippen LogP contribution in [0.5, 0.6) is 0 Å². The minimum Gasteiger partial charge on any atom is -0.459 e. The van der Waals surface area contributed by atoms with E-state index < -0.39 is 0 Å². The molecular formula is C18H18BrNO. The van der Waals surface area contributed by atoms with Gasteiger partial charge in [0.25, 0.3) is 0 Å². The van der Waals surface area contributed by atoms with E-state index in [-0.39, 0.29) is 6.04 Å². The molecule has 1 aromatic heterocycles. The zero-order chi connectivity index (χ0) is 14.8. The van der Waals surface area contributed by atoms with Crippen LogP contribution in [0.4, 0.5) is 0 Å². The summed E-state index contributed by atoms with van der Waals surface area (Å²) < 4.78 is 7.23. The fourth-order valence-corrected chi connectivity index (χ4v) is 3.16. The summed E-state index contributed by atoms with van der Waals surface area (Å²) in [5.41, 5.74) is 3.33. The number of halogens is 1. The summed E-state index contributed by atoms with van der Waals surface area (Å²) in [6.07, 6.45) is 0. The molecule has 2 aromatic carbocycles. The predicted molar refractivity (Wildman–Crippen MR) is 90.6 cm³/mol. The number of nitrogens with one attached hydrogen (secondary N) is 1. The Morgan fingerprint density at radius 1 is 1.14 bits per heavy atom. The molecule has 1 heterocycles. The number of para-hydroxylation sites is 1. The highest BCUT2D eigenvalue weighted by Crippen LogP contribution is 2.32. The first-order valence-corrected chi connectivity index (χ1v) is 7.97. The highest BCUT2D eigenvalue weighted by Gasteiger charge is 2.20. The van der Waals surface area contributed by atoms with Crippen molar-refractivity contribution in [3.63, 3.8) is 0 Å². The molecule has 3 heteroatoms. The molecule has 0 aliphatic carbocycles. The zero-order valence-corrected chi connectivity index (χ0v) is 13.8. The van der Waals surface area contributed by atoms with Gasteiger partial charge in [-0.05, 0) is 36.7 Å². The van der Waals surface area contributed by atoms with Crippen molar-refractivity contribution < 1.29 is 4.42 Å². The molecule has 0 spiro atoms. The van der Waals surface area contributed by atoms with Gasteiger partial charge in [-0.1, -0.05) is 59.3 Å². The molecule has 0 amide bonds. The van der Waals surface area contributed by atoms with Gasteiger partial charge in [-0.15, -0.1) is 0 Å². The fraction of sp³-hybridized carbons (Fsp3) is 0.222. The van der Waals surface area contributed by atoms with E-state index >= 15 is 0 Å². The second-order valence-corrected chi connectivity index (χ2v) is 6.01. The van der Waals surface area contributed by atoms with Crippen molar-refractivity contribution in [2.24, 2.45) is 0 Å². The summed E-state index contributed by atoms with van der Waals surface area (Å²) in [6, 6.07) is 16.7. The van der Waals surface area contributed by atoms with Crippen LogP contribution in [0, 0.1) is 6.92 Å². The molecule has 1 N–H and O–H groups in total. The first kappa shape index (κ1) is 14.4. The van der Waals surface area contributed by atoms with E-state index in [0.29, 0.717) is 0 Å². The van der Waals surface area contributed by atoms with Crippen LogP contribution < -0.4 is 5.32 Å². The van der Waals surface area contributed by atoms with Crippen LogP contribution in [0.25, 0.3) is 11.0 Å². The molecule has 1 atom stereocenters. The summed E-state index contributed by atoms with van der Waals surface area (Å²) in [6.45, 7) is 5.07. The average Bonchev–Trinajstić information content (AvgIpc) is 2.91. The predicted octanol–water partition coefficient (Wildman–Crippen LogP) is 5.20. The molecule has 3 aromatic rings. The summed E-state index contributed by atoms with van der Waals surface area (Å²) in [4.78, 5) is 0. The van der Waals surface area contributed by atoms with Crippen molar-refractivity contribution in [2.75, 3.05) is 6.54 Å². The standard InChI is InChI=1S/C18H18BrNO/c1-3-20-17(14-9-4-5-10-15(14)19)16-11-13-8-6-7-12(2)18(13)21-16/h4-11,17,20H,3H2,1-2H3. The van der Waals surface area contributed by atoms with E-state index in [1.54, 1.807) is 0 Å². The summed E-state index contributed by atoms with van der Waals surface area (Å²) in [5, 5.41) is 4.67. The van der Waals surface area contributed by atoms with Gasteiger partial charge >= 0.3 is 0 Å². The largest absolute Gasteiger partial charge is 0.459 e. The normalized spacial score (nSPS) is 12.7. The molecule has 0 radical (unpaired) electrons. The Hall–Kier alpha value is -1.58. The van der Waals surface area contributed by atoms with Crippen molar-refractivity contribution >= 4 is 26.9 Å². The minimum atomic E-state index is 0.0531. The molecule has 0 bridgehead atoms. The highest BCUT2D eigenvalue weighted by atomic mass is 79.9. The quantitative estimate of drug-likeness (QED) is 0.703. The Kier molecular flexibility index (Phi) is 4.13. The van der Waals surface area contributed by atoms with Crippen LogP contribution in [0.1, 0.15) is 29.9 Å². The third-order valence-corrected chi connectivity index (χ3v) is 4.39. The first-order chi connectivity index (χ1) is 10.2. The van der Waals surface area contributed by atoms with E-state index in [1.165, 1.54) is 11.1 Å². The highest BCUT2D eigenvalue weighted by molar-refractivity contribution is 9.10. The van der Waals surface area contributed by atoms with Gasteiger partial charge in [0.2, 0.25) is 0 Å². The fourth-order valence-electron chi connectivity index (χ4n) is 2.65. The van der Waals surface area contributed by atoms with Crippen LogP contribution in [-0.2, 0) is 0 Å². The van der Waals surface area contributed by atoms with Crippen LogP contribution in [0.15, 0.2) is 57.4 Å². The lowest BCUT2D eigenvalue weighted by Gasteiger charge is -2.17. The Morgan fingerprint density at radius 2 is 1.95 bits per heavy atom. The molecule has 0 aliphatic rings. The van der Waals surface area contributed by atoms with E-state index in [0.717, 1.165) is 27.7 Å². The maximum atomic E-state index is 6.14. The molecule has 1 unspecified atom stereocenters. The third kappa shape index (κ3) is 2.76. The lowest BCUT2D eigenvalue weighted by atomic mass is 10.0. The van der Waals surface area contributed by atoms with Gasteiger partial charge in [0, 0.05) is 9.86 Å². The second kappa shape index (κ2) is 6.04. The smallest absolute Gasteiger partial charge is 0.137 e. The Balaban J connectivity index is 2.11. The third-order valence-electron chi connectivity index (χ3n) is 3.67. The van der Waals surface area contributed by atoms with Crippen LogP contribution >= 0.6 is 15.9 Å². The molecule has 0 saturated heterocycles. The summed E-state index contributed by atoms with van der Waals surface area (Å²) >= 11 is 3.64. The van der Waals surface area contributed by atoms with Gasteiger partial charge in [-0.25, -0.2) is 0 Å². The summed E-state index contributed by atoms with van der Waals surface area (Å²) in [5.74, 6) is 0.952. The Bertz CT molecular complexity index is 763. The molecule has 108 valence electrons. The maximum Gasteiger partial charge on any atom is 0.137 e. The van der Waals surface area contributed by atoms with E-state index in [4.69, 9.17) is 4.42 Å². The molecule has 21 heavy (non-hydrogen) atoms. The lowest BCUT2D eigenvalue weighted by Crippen LogP contribution is -2.21.